The van der Waals surface area contributed by atoms with E-state index < -0.39 is 11.8 Å². The standard InChI is InChI=1S/C44H63FN2O3/c1-28(2)30-14-20-44(27-46-23-17-37(48)47-24-8-9-25-47)22-21-42(6)33(38(30)44)12-13-36-41(5)18-15-32(31-11-10-29(39(49)50)26-34(31)45)40(3,4)35(41)16-19-43(36,42)7/h10-11,15,26,30,33,35-36,38,46H,1,8-9,12-14,16-25,27H2,2-7H3,(H,49,50)/t30-,33+,35-,36+,38+,41-,42+,43+,44+/m0/s1. The number of likely N-dealkylation sites (tertiary alicyclic amines) is 1. The van der Waals surface area contributed by atoms with Gasteiger partial charge < -0.3 is 15.3 Å². The van der Waals surface area contributed by atoms with Crippen LogP contribution in [0.25, 0.3) is 5.57 Å². The Morgan fingerprint density at radius 2 is 1.70 bits per heavy atom. The van der Waals surface area contributed by atoms with Gasteiger partial charge in [-0.3, -0.25) is 4.79 Å². The van der Waals surface area contributed by atoms with E-state index in [9.17, 15) is 14.7 Å². The van der Waals surface area contributed by atoms with E-state index >= 15 is 4.39 Å². The van der Waals surface area contributed by atoms with E-state index in [-0.39, 0.29) is 32.6 Å². The lowest BCUT2D eigenvalue weighted by Crippen LogP contribution is -2.65. The van der Waals surface area contributed by atoms with Crippen LogP contribution in [0.2, 0.25) is 0 Å². The number of allylic oxidation sites excluding steroid dienone is 3. The normalized spacial score (nSPS) is 40.3. The molecular formula is C44H63FN2O3. The number of nitrogens with one attached hydrogen (secondary N) is 1. The Morgan fingerprint density at radius 3 is 2.38 bits per heavy atom. The van der Waals surface area contributed by atoms with Gasteiger partial charge in [-0.1, -0.05) is 58.9 Å². The van der Waals surface area contributed by atoms with Gasteiger partial charge in [0.05, 0.1) is 5.56 Å². The van der Waals surface area contributed by atoms with Gasteiger partial charge in [0, 0.05) is 38.2 Å². The Balaban J connectivity index is 1.14. The van der Waals surface area contributed by atoms with Gasteiger partial charge in [-0.25, -0.2) is 9.18 Å². The fourth-order valence-electron chi connectivity index (χ4n) is 14.2. The van der Waals surface area contributed by atoms with E-state index in [1.165, 1.54) is 56.6 Å². The lowest BCUT2D eigenvalue weighted by molar-refractivity contribution is -0.225. The van der Waals surface area contributed by atoms with Gasteiger partial charge in [0.2, 0.25) is 5.91 Å². The average Bonchev–Trinajstić information content (AvgIpc) is 3.73. The third kappa shape index (κ3) is 5.30. The predicted octanol–water partition coefficient (Wildman–Crippen LogP) is 9.78. The SMILES string of the molecule is C=C(C)[C@@H]1CC[C@]2(CNCCC(=O)N3CCCC3)CC[C@]3(C)[C@H](CC[C@@H]4[C@@]5(C)CC=C(c6ccc(C(=O)O)cc6F)C(C)(C)[C@@H]5CC[C@]43C)[C@@H]12. The molecule has 5 nitrogen and oxygen atoms in total. The summed E-state index contributed by atoms with van der Waals surface area (Å²) in [4.78, 5) is 26.4. The first kappa shape index (κ1) is 35.9. The molecule has 0 unspecified atom stereocenters. The highest BCUT2D eigenvalue weighted by Crippen LogP contribution is 2.77. The minimum atomic E-state index is -1.09. The minimum absolute atomic E-state index is 0.000191. The molecule has 1 saturated heterocycles. The molecule has 7 rings (SSSR count). The second kappa shape index (κ2) is 12.6. The Kier molecular flexibility index (Phi) is 9.04. The first-order valence-corrected chi connectivity index (χ1v) is 20.0. The number of carboxylic acid groups (broad SMARTS) is 1. The van der Waals surface area contributed by atoms with Crippen LogP contribution in [0.15, 0.2) is 36.4 Å². The number of carbonyl (C=O) groups excluding carboxylic acids is 1. The molecule has 0 aromatic heterocycles. The zero-order chi connectivity index (χ0) is 35.9. The maximum absolute atomic E-state index is 15.5. The van der Waals surface area contributed by atoms with Gasteiger partial charge in [0.1, 0.15) is 5.82 Å². The molecule has 1 heterocycles. The number of nitrogens with zero attached hydrogens (tertiary/aromatic N) is 1. The van der Waals surface area contributed by atoms with Crippen LogP contribution < -0.4 is 5.32 Å². The van der Waals surface area contributed by atoms with Gasteiger partial charge in [0.25, 0.3) is 0 Å². The van der Waals surface area contributed by atoms with Crippen LogP contribution in [0.1, 0.15) is 135 Å². The maximum Gasteiger partial charge on any atom is 0.335 e. The highest BCUT2D eigenvalue weighted by Gasteiger charge is 2.70. The smallest absolute Gasteiger partial charge is 0.335 e. The van der Waals surface area contributed by atoms with Crippen LogP contribution in [0.4, 0.5) is 4.39 Å². The zero-order valence-corrected chi connectivity index (χ0v) is 31.8. The van der Waals surface area contributed by atoms with E-state index in [2.05, 4.69) is 64.4 Å². The minimum Gasteiger partial charge on any atom is -0.478 e. The van der Waals surface area contributed by atoms with Crippen LogP contribution in [0.3, 0.4) is 0 Å². The molecule has 274 valence electrons. The zero-order valence-electron chi connectivity index (χ0n) is 31.8. The molecule has 6 heteroatoms. The van der Waals surface area contributed by atoms with Crippen molar-refractivity contribution in [2.24, 2.45) is 56.7 Å². The Morgan fingerprint density at radius 1 is 0.960 bits per heavy atom. The second-order valence-corrected chi connectivity index (χ2v) is 19.1. The lowest BCUT2D eigenvalue weighted by atomic mass is 9.32. The summed E-state index contributed by atoms with van der Waals surface area (Å²) in [7, 11) is 0. The van der Waals surface area contributed by atoms with Crippen LogP contribution in [-0.2, 0) is 4.79 Å². The van der Waals surface area contributed by atoms with E-state index in [4.69, 9.17) is 0 Å². The van der Waals surface area contributed by atoms with Crippen molar-refractivity contribution in [2.75, 3.05) is 26.2 Å². The molecule has 0 spiro atoms. The van der Waals surface area contributed by atoms with Crippen molar-refractivity contribution in [3.63, 3.8) is 0 Å². The Bertz CT molecular complexity index is 1580. The fraction of sp³-hybridized carbons (Fsp3) is 0.727. The van der Waals surface area contributed by atoms with Crippen molar-refractivity contribution >= 4 is 17.4 Å². The molecule has 2 N–H and O–H groups in total. The topological polar surface area (TPSA) is 69.6 Å². The third-order valence-corrected chi connectivity index (χ3v) is 16.8. The monoisotopic (exact) mass is 686 g/mol. The molecule has 0 bridgehead atoms. The second-order valence-electron chi connectivity index (χ2n) is 19.1. The van der Waals surface area contributed by atoms with E-state index in [0.29, 0.717) is 47.5 Å². The molecule has 1 aliphatic heterocycles. The molecule has 4 saturated carbocycles. The Labute approximate surface area is 300 Å². The predicted molar refractivity (Wildman–Crippen MR) is 199 cm³/mol. The summed E-state index contributed by atoms with van der Waals surface area (Å²) in [6, 6.07) is 4.44. The summed E-state index contributed by atoms with van der Waals surface area (Å²) in [6.45, 7) is 23.1. The first-order chi connectivity index (χ1) is 23.6. The molecule has 1 aromatic rings. The number of aromatic carboxylic acids is 1. The van der Waals surface area contributed by atoms with Gasteiger partial charge in [-0.2, -0.15) is 0 Å². The van der Waals surface area contributed by atoms with Crippen molar-refractivity contribution in [1.29, 1.82) is 0 Å². The molecule has 1 aromatic carbocycles. The van der Waals surface area contributed by atoms with Gasteiger partial charge in [-0.05, 0) is 152 Å². The molecule has 50 heavy (non-hydrogen) atoms. The summed E-state index contributed by atoms with van der Waals surface area (Å²) in [5.41, 5.74) is 3.61. The molecule has 5 aliphatic carbocycles. The van der Waals surface area contributed by atoms with Gasteiger partial charge >= 0.3 is 5.97 Å². The number of rotatable bonds is 8. The number of carbonyl (C=O) groups is 2. The summed E-state index contributed by atoms with van der Waals surface area (Å²) in [5.74, 6) is 1.69. The quantitative estimate of drug-likeness (QED) is 0.211. The average molecular weight is 687 g/mol. The van der Waals surface area contributed by atoms with Crippen molar-refractivity contribution in [3.8, 4) is 0 Å². The molecule has 5 fully saturated rings. The lowest BCUT2D eigenvalue weighted by Gasteiger charge is -2.72. The number of carboxylic acids is 1. The Hall–Kier alpha value is -2.47. The highest BCUT2D eigenvalue weighted by molar-refractivity contribution is 5.88. The van der Waals surface area contributed by atoms with Crippen LogP contribution in [0.5, 0.6) is 0 Å². The van der Waals surface area contributed by atoms with E-state index in [0.717, 1.165) is 57.4 Å². The molecule has 9 atom stereocenters. The van der Waals surface area contributed by atoms with Crippen molar-refractivity contribution in [2.45, 2.75) is 119 Å². The van der Waals surface area contributed by atoms with Crippen molar-refractivity contribution < 1.29 is 19.1 Å². The van der Waals surface area contributed by atoms with Crippen LogP contribution in [-0.4, -0.2) is 48.1 Å². The number of fused-ring (bicyclic) bond motifs is 7. The maximum atomic E-state index is 15.5. The third-order valence-electron chi connectivity index (χ3n) is 16.8. The van der Waals surface area contributed by atoms with Crippen molar-refractivity contribution in [3.05, 3.63) is 53.4 Å². The summed E-state index contributed by atoms with van der Waals surface area (Å²) < 4.78 is 15.5. The number of benzene rings is 1. The molecule has 6 aliphatic rings. The highest BCUT2D eigenvalue weighted by atomic mass is 19.1. The number of hydrogen-bond acceptors (Lipinski definition) is 3. The number of amides is 1. The van der Waals surface area contributed by atoms with E-state index in [1.54, 1.807) is 12.1 Å². The summed E-state index contributed by atoms with van der Waals surface area (Å²) >= 11 is 0. The van der Waals surface area contributed by atoms with E-state index in [1.807, 2.05) is 0 Å². The largest absolute Gasteiger partial charge is 0.478 e. The van der Waals surface area contributed by atoms with Gasteiger partial charge in [-0.15, -0.1) is 0 Å². The van der Waals surface area contributed by atoms with Crippen LogP contribution in [0, 0.1) is 62.5 Å². The molecule has 1 amide bonds. The number of hydrogen-bond donors (Lipinski definition) is 2. The fourth-order valence-corrected chi connectivity index (χ4v) is 14.2. The van der Waals surface area contributed by atoms with Crippen LogP contribution >= 0.6 is 0 Å². The summed E-state index contributed by atoms with van der Waals surface area (Å²) in [5, 5.41) is 13.3. The number of halogens is 1. The molecular weight excluding hydrogens is 623 g/mol. The van der Waals surface area contributed by atoms with Gasteiger partial charge in [0.15, 0.2) is 0 Å². The summed E-state index contributed by atoms with van der Waals surface area (Å²) in [6.07, 6.45) is 16.1. The van der Waals surface area contributed by atoms with Crippen molar-refractivity contribution in [1.82, 2.24) is 10.2 Å². The first-order valence-electron chi connectivity index (χ1n) is 20.0. The molecule has 0 radical (unpaired) electrons.